The molecule has 1 aliphatic heterocycles. The number of rotatable bonds is 5. The highest BCUT2D eigenvalue weighted by atomic mass is 79.9. The molecule has 22 heavy (non-hydrogen) atoms. The van der Waals surface area contributed by atoms with E-state index < -0.39 is 0 Å². The molecule has 5 nitrogen and oxygen atoms in total. The van der Waals surface area contributed by atoms with Crippen molar-refractivity contribution >= 4 is 32.7 Å². The van der Waals surface area contributed by atoms with E-state index in [9.17, 15) is 4.79 Å². The van der Waals surface area contributed by atoms with Crippen molar-refractivity contribution in [1.82, 2.24) is 14.8 Å². The van der Waals surface area contributed by atoms with Gasteiger partial charge in [-0.1, -0.05) is 22.0 Å². The molecule has 0 spiro atoms. The first-order valence-electron chi connectivity index (χ1n) is 7.54. The molecule has 0 bridgehead atoms. The fraction of sp³-hybridized carbons (Fsp3) is 0.438. The van der Waals surface area contributed by atoms with Crippen molar-refractivity contribution in [2.45, 2.75) is 6.54 Å². The predicted molar refractivity (Wildman–Crippen MR) is 89.9 cm³/mol. The van der Waals surface area contributed by atoms with Crippen molar-refractivity contribution in [3.8, 4) is 0 Å². The first-order chi connectivity index (χ1) is 10.7. The van der Waals surface area contributed by atoms with Crippen LogP contribution in [-0.4, -0.2) is 54.8 Å². The van der Waals surface area contributed by atoms with Crippen molar-refractivity contribution in [3.05, 3.63) is 34.9 Å². The largest absolute Gasteiger partial charge is 0.379 e. The number of amides is 1. The summed E-state index contributed by atoms with van der Waals surface area (Å²) in [5.41, 5.74) is 1.07. The Bertz CT molecular complexity index is 650. The third-order valence-corrected chi connectivity index (χ3v) is 4.62. The maximum atomic E-state index is 12.1. The minimum atomic E-state index is 0.0470. The highest BCUT2D eigenvalue weighted by molar-refractivity contribution is 9.10. The van der Waals surface area contributed by atoms with Gasteiger partial charge in [0.15, 0.2) is 0 Å². The van der Waals surface area contributed by atoms with Gasteiger partial charge in [-0.3, -0.25) is 9.69 Å². The SMILES string of the molecule is O=C(Cn1ccc2c(Br)cccc21)NCCN1CCOCC1. The molecule has 0 unspecified atom stereocenters. The summed E-state index contributed by atoms with van der Waals surface area (Å²) in [5.74, 6) is 0.0470. The smallest absolute Gasteiger partial charge is 0.239 e. The van der Waals surface area contributed by atoms with Crippen molar-refractivity contribution in [2.75, 3.05) is 39.4 Å². The number of carbonyl (C=O) groups excluding carboxylic acids is 1. The van der Waals surface area contributed by atoms with Crippen LogP contribution < -0.4 is 5.32 Å². The van der Waals surface area contributed by atoms with Crippen LogP contribution in [0, 0.1) is 0 Å². The molecule has 6 heteroatoms. The van der Waals surface area contributed by atoms with Crippen LogP contribution in [0.5, 0.6) is 0 Å². The number of nitrogens with zero attached hydrogens (tertiary/aromatic N) is 2. The lowest BCUT2D eigenvalue weighted by Gasteiger charge is -2.26. The third kappa shape index (κ3) is 3.69. The minimum absolute atomic E-state index is 0.0470. The van der Waals surface area contributed by atoms with Gasteiger partial charge in [-0.25, -0.2) is 0 Å². The van der Waals surface area contributed by atoms with Crippen LogP contribution in [0.1, 0.15) is 0 Å². The summed E-state index contributed by atoms with van der Waals surface area (Å²) in [5, 5.41) is 4.12. The summed E-state index contributed by atoms with van der Waals surface area (Å²) in [7, 11) is 0. The van der Waals surface area contributed by atoms with Crippen LogP contribution in [0.15, 0.2) is 34.9 Å². The molecule has 2 heterocycles. The van der Waals surface area contributed by atoms with Gasteiger partial charge in [-0.15, -0.1) is 0 Å². The van der Waals surface area contributed by atoms with Gasteiger partial charge in [0.1, 0.15) is 6.54 Å². The summed E-state index contributed by atoms with van der Waals surface area (Å²) >= 11 is 3.53. The van der Waals surface area contributed by atoms with E-state index in [1.807, 2.05) is 35.0 Å². The van der Waals surface area contributed by atoms with Crippen molar-refractivity contribution in [1.29, 1.82) is 0 Å². The topological polar surface area (TPSA) is 46.5 Å². The van der Waals surface area contributed by atoms with E-state index in [0.29, 0.717) is 13.1 Å². The second-order valence-corrected chi connectivity index (χ2v) is 6.27. The maximum absolute atomic E-state index is 12.1. The number of benzene rings is 1. The standard InChI is InChI=1S/C16H20BrN3O2/c17-14-2-1-3-15-13(14)4-6-20(15)12-16(21)18-5-7-19-8-10-22-11-9-19/h1-4,6H,5,7-12H2,(H,18,21). The number of morpholine rings is 1. The number of hydrogen-bond acceptors (Lipinski definition) is 3. The Labute approximate surface area is 138 Å². The summed E-state index contributed by atoms with van der Waals surface area (Å²) in [6, 6.07) is 8.05. The van der Waals surface area contributed by atoms with E-state index in [2.05, 4.69) is 26.1 Å². The summed E-state index contributed by atoms with van der Waals surface area (Å²) in [6.07, 6.45) is 1.96. The quantitative estimate of drug-likeness (QED) is 0.879. The van der Waals surface area contributed by atoms with Crippen LogP contribution in [0.3, 0.4) is 0 Å². The molecule has 1 N–H and O–H groups in total. The van der Waals surface area contributed by atoms with Crippen molar-refractivity contribution < 1.29 is 9.53 Å². The van der Waals surface area contributed by atoms with E-state index >= 15 is 0 Å². The molecule has 1 aromatic carbocycles. The Balaban J connectivity index is 1.51. The molecule has 3 rings (SSSR count). The average Bonchev–Trinajstić information content (AvgIpc) is 2.93. The van der Waals surface area contributed by atoms with Crippen LogP contribution in [0.25, 0.3) is 10.9 Å². The number of halogens is 1. The van der Waals surface area contributed by atoms with Gasteiger partial charge < -0.3 is 14.6 Å². The zero-order chi connectivity index (χ0) is 15.4. The van der Waals surface area contributed by atoms with E-state index in [4.69, 9.17) is 4.74 Å². The number of ether oxygens (including phenoxy) is 1. The Hall–Kier alpha value is -1.37. The van der Waals surface area contributed by atoms with Gasteiger partial charge in [-0.2, -0.15) is 0 Å². The zero-order valence-corrected chi connectivity index (χ0v) is 14.0. The molecule has 0 atom stereocenters. The molecular weight excluding hydrogens is 346 g/mol. The first kappa shape index (κ1) is 15.5. The predicted octanol–water partition coefficient (Wildman–Crippen LogP) is 1.85. The second kappa shape index (κ2) is 7.26. The fourth-order valence-electron chi connectivity index (χ4n) is 2.71. The molecule has 1 aromatic heterocycles. The van der Waals surface area contributed by atoms with Crippen LogP contribution >= 0.6 is 15.9 Å². The van der Waals surface area contributed by atoms with Crippen molar-refractivity contribution in [3.63, 3.8) is 0 Å². The summed E-state index contributed by atoms with van der Waals surface area (Å²) < 4.78 is 8.34. The van der Waals surface area contributed by atoms with Gasteiger partial charge >= 0.3 is 0 Å². The lowest BCUT2D eigenvalue weighted by molar-refractivity contribution is -0.121. The third-order valence-electron chi connectivity index (χ3n) is 3.93. The number of hydrogen-bond donors (Lipinski definition) is 1. The highest BCUT2D eigenvalue weighted by Crippen LogP contribution is 2.24. The van der Waals surface area contributed by atoms with Gasteiger partial charge in [0, 0.05) is 47.8 Å². The van der Waals surface area contributed by atoms with Gasteiger partial charge in [-0.05, 0) is 18.2 Å². The van der Waals surface area contributed by atoms with Crippen LogP contribution in [0.2, 0.25) is 0 Å². The van der Waals surface area contributed by atoms with E-state index in [0.717, 1.165) is 48.2 Å². The minimum Gasteiger partial charge on any atom is -0.379 e. The molecule has 1 amide bonds. The van der Waals surface area contributed by atoms with E-state index in [1.54, 1.807) is 0 Å². The number of carbonyl (C=O) groups is 1. The monoisotopic (exact) mass is 365 g/mol. The van der Waals surface area contributed by atoms with E-state index in [1.165, 1.54) is 0 Å². The van der Waals surface area contributed by atoms with Gasteiger partial charge in [0.05, 0.1) is 13.2 Å². The lowest BCUT2D eigenvalue weighted by atomic mass is 10.2. The van der Waals surface area contributed by atoms with Gasteiger partial charge in [0.25, 0.3) is 0 Å². The van der Waals surface area contributed by atoms with Crippen molar-refractivity contribution in [2.24, 2.45) is 0 Å². The number of nitrogens with one attached hydrogen (secondary N) is 1. The average molecular weight is 366 g/mol. The summed E-state index contributed by atoms with van der Waals surface area (Å²) in [4.78, 5) is 14.4. The molecule has 2 aromatic rings. The zero-order valence-electron chi connectivity index (χ0n) is 12.4. The molecule has 0 saturated carbocycles. The summed E-state index contributed by atoms with van der Waals surface area (Å²) in [6.45, 7) is 5.40. The number of aromatic nitrogens is 1. The molecule has 0 aliphatic carbocycles. The van der Waals surface area contributed by atoms with Crippen LogP contribution in [0.4, 0.5) is 0 Å². The Kier molecular flexibility index (Phi) is 5.12. The molecular formula is C16H20BrN3O2. The van der Waals surface area contributed by atoms with E-state index in [-0.39, 0.29) is 5.91 Å². The lowest BCUT2D eigenvalue weighted by Crippen LogP contribution is -2.41. The molecule has 0 radical (unpaired) electrons. The Morgan fingerprint density at radius 3 is 2.91 bits per heavy atom. The van der Waals surface area contributed by atoms with Crippen LogP contribution in [-0.2, 0) is 16.1 Å². The number of fused-ring (bicyclic) bond motifs is 1. The van der Waals surface area contributed by atoms with Gasteiger partial charge in [0.2, 0.25) is 5.91 Å². The normalized spacial score (nSPS) is 16.0. The molecule has 118 valence electrons. The Morgan fingerprint density at radius 2 is 2.09 bits per heavy atom. The molecule has 1 aliphatic rings. The second-order valence-electron chi connectivity index (χ2n) is 5.42. The Morgan fingerprint density at radius 1 is 1.27 bits per heavy atom. The highest BCUT2D eigenvalue weighted by Gasteiger charge is 2.11. The maximum Gasteiger partial charge on any atom is 0.239 e. The molecule has 1 fully saturated rings. The first-order valence-corrected chi connectivity index (χ1v) is 8.33. The fourth-order valence-corrected chi connectivity index (χ4v) is 3.20. The molecule has 1 saturated heterocycles.